The number of rotatable bonds is 3. The van der Waals surface area contributed by atoms with Crippen molar-refractivity contribution in [2.24, 2.45) is 0 Å². The first-order chi connectivity index (χ1) is 13.3. The lowest BCUT2D eigenvalue weighted by molar-refractivity contribution is 0.577. The first-order valence-electron chi connectivity index (χ1n) is 8.51. The van der Waals surface area contributed by atoms with Crippen LogP contribution in [0.2, 0.25) is 0 Å². The molecule has 0 saturated heterocycles. The van der Waals surface area contributed by atoms with Gasteiger partial charge in [0.05, 0.1) is 12.0 Å². The molecule has 2 N–H and O–H groups in total. The van der Waals surface area contributed by atoms with Gasteiger partial charge in [0.25, 0.3) is 0 Å². The quantitative estimate of drug-likeness (QED) is 0.523. The summed E-state index contributed by atoms with van der Waals surface area (Å²) in [6.07, 6.45) is 1.59. The Morgan fingerprint density at radius 3 is 2.41 bits per heavy atom. The van der Waals surface area contributed by atoms with Gasteiger partial charge in [-0.3, -0.25) is 0 Å². The number of aromatic nitrogens is 4. The predicted molar refractivity (Wildman–Crippen MR) is 104 cm³/mol. The highest BCUT2D eigenvalue weighted by Crippen LogP contribution is 2.27. The maximum absolute atomic E-state index is 6.13. The van der Waals surface area contributed by atoms with Gasteiger partial charge >= 0.3 is 0 Å². The highest BCUT2D eigenvalue weighted by molar-refractivity contribution is 5.73. The van der Waals surface area contributed by atoms with Crippen LogP contribution in [0.5, 0.6) is 0 Å². The number of hydrogen-bond donors (Lipinski definition) is 1. The Morgan fingerprint density at radius 2 is 1.59 bits per heavy atom. The van der Waals surface area contributed by atoms with Crippen LogP contribution in [0.25, 0.3) is 39.6 Å². The molecule has 3 heterocycles. The second-order valence-electron chi connectivity index (χ2n) is 6.13. The lowest BCUT2D eigenvalue weighted by Crippen LogP contribution is -2.03. The molecule has 0 unspecified atom stereocenters. The molecule has 5 aromatic rings. The zero-order valence-corrected chi connectivity index (χ0v) is 14.3. The van der Waals surface area contributed by atoms with Crippen molar-refractivity contribution in [3.63, 3.8) is 0 Å². The normalized spacial score (nSPS) is 11.1. The fourth-order valence-corrected chi connectivity index (χ4v) is 3.06. The fourth-order valence-electron chi connectivity index (χ4n) is 3.06. The molecule has 130 valence electrons. The van der Waals surface area contributed by atoms with Crippen LogP contribution in [0.15, 0.2) is 83.5 Å². The largest absolute Gasteiger partial charge is 0.461 e. The van der Waals surface area contributed by atoms with Crippen LogP contribution in [-0.2, 0) is 0 Å². The van der Waals surface area contributed by atoms with E-state index in [1.807, 2.05) is 42.5 Å². The van der Waals surface area contributed by atoms with Crippen LogP contribution >= 0.6 is 0 Å². The summed E-state index contributed by atoms with van der Waals surface area (Å²) in [7, 11) is 0. The van der Waals surface area contributed by atoms with Gasteiger partial charge in [-0.2, -0.15) is 4.52 Å². The number of furan rings is 1. The summed E-state index contributed by atoms with van der Waals surface area (Å²) < 4.78 is 6.89. The average molecular weight is 353 g/mol. The third kappa shape index (κ3) is 2.73. The standard InChI is InChI=1S/C21H15N5O/c22-21-23-17(13-19-24-20(25-26(19)21)18-10-5-11-27-18)16-9-4-8-15(12-16)14-6-2-1-3-7-14/h1-13H,(H2,22,23). The van der Waals surface area contributed by atoms with Crippen LogP contribution in [0.4, 0.5) is 5.95 Å². The number of anilines is 1. The molecule has 0 saturated carbocycles. The van der Waals surface area contributed by atoms with E-state index in [1.165, 1.54) is 4.52 Å². The van der Waals surface area contributed by atoms with E-state index in [4.69, 9.17) is 10.2 Å². The number of fused-ring (bicyclic) bond motifs is 1. The summed E-state index contributed by atoms with van der Waals surface area (Å²) in [4.78, 5) is 9.03. The van der Waals surface area contributed by atoms with Crippen molar-refractivity contribution in [3.8, 4) is 34.0 Å². The fraction of sp³-hybridized carbons (Fsp3) is 0. The van der Waals surface area contributed by atoms with Crippen molar-refractivity contribution in [2.75, 3.05) is 5.73 Å². The molecule has 0 bridgehead atoms. The van der Waals surface area contributed by atoms with Gasteiger partial charge in [-0.1, -0.05) is 48.5 Å². The molecule has 0 atom stereocenters. The summed E-state index contributed by atoms with van der Waals surface area (Å²) in [5, 5.41) is 4.38. The van der Waals surface area contributed by atoms with E-state index in [0.29, 0.717) is 17.2 Å². The minimum atomic E-state index is 0.276. The van der Waals surface area contributed by atoms with Gasteiger partial charge in [0.2, 0.25) is 11.8 Å². The maximum Gasteiger partial charge on any atom is 0.223 e. The van der Waals surface area contributed by atoms with Crippen LogP contribution < -0.4 is 5.73 Å². The average Bonchev–Trinajstić information content (AvgIpc) is 3.38. The van der Waals surface area contributed by atoms with E-state index in [2.05, 4.69) is 39.3 Å². The molecule has 0 aliphatic heterocycles. The minimum Gasteiger partial charge on any atom is -0.461 e. The monoisotopic (exact) mass is 353 g/mol. The van der Waals surface area contributed by atoms with E-state index in [1.54, 1.807) is 12.3 Å². The molecule has 0 aliphatic rings. The molecule has 2 aromatic carbocycles. The number of nitrogens with zero attached hydrogens (tertiary/aromatic N) is 4. The third-order valence-electron chi connectivity index (χ3n) is 4.36. The van der Waals surface area contributed by atoms with Crippen molar-refractivity contribution < 1.29 is 4.42 Å². The smallest absolute Gasteiger partial charge is 0.223 e. The predicted octanol–water partition coefficient (Wildman–Crippen LogP) is 4.30. The topological polar surface area (TPSA) is 82.2 Å². The number of benzene rings is 2. The SMILES string of the molecule is Nc1nc(-c2cccc(-c3ccccc3)c2)cc2nc(-c3ccco3)nn12. The maximum atomic E-state index is 6.13. The van der Waals surface area contributed by atoms with E-state index >= 15 is 0 Å². The molecule has 0 fully saturated rings. The van der Waals surface area contributed by atoms with Crippen LogP contribution in [0, 0.1) is 0 Å². The van der Waals surface area contributed by atoms with Crippen molar-refractivity contribution in [1.82, 2.24) is 19.6 Å². The molecular weight excluding hydrogens is 338 g/mol. The van der Waals surface area contributed by atoms with Crippen LogP contribution in [0.3, 0.4) is 0 Å². The summed E-state index contributed by atoms with van der Waals surface area (Å²) in [6, 6.07) is 23.9. The van der Waals surface area contributed by atoms with Gasteiger partial charge in [0, 0.05) is 11.6 Å². The minimum absolute atomic E-state index is 0.276. The Hall–Kier alpha value is -3.93. The molecule has 0 aliphatic carbocycles. The van der Waals surface area contributed by atoms with Crippen molar-refractivity contribution >= 4 is 11.6 Å². The number of nitrogen functional groups attached to an aromatic ring is 1. The summed E-state index contributed by atoms with van der Waals surface area (Å²) >= 11 is 0. The van der Waals surface area contributed by atoms with Crippen molar-refractivity contribution in [2.45, 2.75) is 0 Å². The van der Waals surface area contributed by atoms with Crippen LogP contribution in [-0.4, -0.2) is 19.6 Å². The number of hydrogen-bond acceptors (Lipinski definition) is 5. The van der Waals surface area contributed by atoms with Gasteiger partial charge in [-0.15, -0.1) is 5.10 Å². The Morgan fingerprint density at radius 1 is 0.778 bits per heavy atom. The van der Waals surface area contributed by atoms with E-state index < -0.39 is 0 Å². The van der Waals surface area contributed by atoms with Crippen molar-refractivity contribution in [3.05, 3.63) is 79.1 Å². The zero-order chi connectivity index (χ0) is 18.2. The highest BCUT2D eigenvalue weighted by Gasteiger charge is 2.13. The Kier molecular flexibility index (Phi) is 3.47. The molecular formula is C21H15N5O. The molecule has 0 spiro atoms. The van der Waals surface area contributed by atoms with Gasteiger partial charge in [-0.05, 0) is 29.3 Å². The summed E-state index contributed by atoms with van der Waals surface area (Å²) in [5.74, 6) is 1.34. The molecule has 27 heavy (non-hydrogen) atoms. The van der Waals surface area contributed by atoms with Gasteiger partial charge in [0.15, 0.2) is 11.4 Å². The molecule has 6 nitrogen and oxygen atoms in total. The van der Waals surface area contributed by atoms with Gasteiger partial charge in [0.1, 0.15) is 0 Å². The molecule has 3 aromatic heterocycles. The van der Waals surface area contributed by atoms with Crippen molar-refractivity contribution in [1.29, 1.82) is 0 Å². The molecule has 6 heteroatoms. The van der Waals surface area contributed by atoms with E-state index in [-0.39, 0.29) is 5.95 Å². The number of nitrogens with two attached hydrogens (primary N) is 1. The Balaban J connectivity index is 1.61. The lowest BCUT2D eigenvalue weighted by Gasteiger charge is -2.07. The van der Waals surface area contributed by atoms with Gasteiger partial charge < -0.3 is 10.2 Å². The molecule has 5 rings (SSSR count). The lowest BCUT2D eigenvalue weighted by atomic mass is 10.0. The second-order valence-corrected chi connectivity index (χ2v) is 6.13. The highest BCUT2D eigenvalue weighted by atomic mass is 16.3. The second kappa shape index (κ2) is 6.10. The zero-order valence-electron chi connectivity index (χ0n) is 14.3. The Bertz CT molecular complexity index is 1230. The first-order valence-corrected chi connectivity index (χ1v) is 8.51. The van der Waals surface area contributed by atoms with Gasteiger partial charge in [-0.25, -0.2) is 9.97 Å². The first kappa shape index (κ1) is 15.3. The molecule has 0 radical (unpaired) electrons. The molecule has 0 amide bonds. The van der Waals surface area contributed by atoms with E-state index in [0.717, 1.165) is 22.4 Å². The summed E-state index contributed by atoms with van der Waals surface area (Å²) in [5.41, 5.74) is 10.7. The van der Waals surface area contributed by atoms with E-state index in [9.17, 15) is 0 Å². The summed E-state index contributed by atoms with van der Waals surface area (Å²) in [6.45, 7) is 0. The van der Waals surface area contributed by atoms with Crippen LogP contribution in [0.1, 0.15) is 0 Å². The third-order valence-corrected chi connectivity index (χ3v) is 4.36. The Labute approximate surface area is 154 Å².